The molecule has 0 aliphatic rings. The van der Waals surface area contributed by atoms with Crippen molar-refractivity contribution >= 4 is 34.4 Å². The van der Waals surface area contributed by atoms with Crippen LogP contribution in [0.25, 0.3) is 10.9 Å². The highest BCUT2D eigenvalue weighted by Gasteiger charge is 2.12. The first kappa shape index (κ1) is 14.4. The molecule has 0 saturated heterocycles. The van der Waals surface area contributed by atoms with Crippen LogP contribution < -0.4 is 4.74 Å². The average molecular weight is 314 g/mol. The largest absolute Gasteiger partial charge is 0.426 e. The summed E-state index contributed by atoms with van der Waals surface area (Å²) < 4.78 is 6.62. The number of halogens is 1. The quantitative estimate of drug-likeness (QED) is 0.422. The van der Waals surface area contributed by atoms with Gasteiger partial charge in [-0.1, -0.05) is 18.2 Å². The maximum absolute atomic E-state index is 12.5. The molecule has 0 bridgehead atoms. The van der Waals surface area contributed by atoms with Gasteiger partial charge in [0.2, 0.25) is 0 Å². The van der Waals surface area contributed by atoms with Gasteiger partial charge in [0, 0.05) is 23.2 Å². The molecule has 3 rings (SSSR count). The van der Waals surface area contributed by atoms with E-state index in [2.05, 4.69) is 0 Å². The van der Waals surface area contributed by atoms with E-state index in [0.717, 1.165) is 5.39 Å². The minimum atomic E-state index is -0.534. The summed E-state index contributed by atoms with van der Waals surface area (Å²) in [6.45, 7) is 0. The van der Waals surface area contributed by atoms with Gasteiger partial charge in [-0.25, -0.2) is 0 Å². The van der Waals surface area contributed by atoms with Crippen molar-refractivity contribution in [2.24, 2.45) is 0 Å². The third-order valence-electron chi connectivity index (χ3n) is 3.24. The number of nitrogens with zero attached hydrogens (tertiary/aromatic N) is 1. The van der Waals surface area contributed by atoms with Crippen LogP contribution in [0.2, 0.25) is 0 Å². The fourth-order valence-corrected chi connectivity index (χ4v) is 2.28. The van der Waals surface area contributed by atoms with Crippen molar-refractivity contribution in [1.29, 1.82) is 0 Å². The van der Waals surface area contributed by atoms with Gasteiger partial charge < -0.3 is 4.74 Å². The Morgan fingerprint density at radius 2 is 1.82 bits per heavy atom. The van der Waals surface area contributed by atoms with Crippen LogP contribution in [0.1, 0.15) is 10.4 Å². The normalized spacial score (nSPS) is 10.6. The second-order valence-corrected chi connectivity index (χ2v) is 4.95. The molecule has 0 radical (unpaired) electrons. The summed E-state index contributed by atoms with van der Waals surface area (Å²) in [4.78, 5) is 23.8. The smallest absolute Gasteiger partial charge is 0.326 e. The number of benzene rings is 2. The molecule has 110 valence electrons. The number of carbonyl (C=O) groups excluding carboxylic acids is 2. The minimum Gasteiger partial charge on any atom is -0.426 e. The van der Waals surface area contributed by atoms with Crippen molar-refractivity contribution in [3.8, 4) is 5.75 Å². The fraction of sp³-hybridized carbons (Fsp3) is 0.0588. The van der Waals surface area contributed by atoms with Crippen molar-refractivity contribution in [2.75, 3.05) is 5.88 Å². The zero-order valence-corrected chi connectivity index (χ0v) is 12.3. The summed E-state index contributed by atoms with van der Waals surface area (Å²) in [5, 5.41) is 0.884. The van der Waals surface area contributed by atoms with E-state index >= 15 is 0 Å². The van der Waals surface area contributed by atoms with Crippen molar-refractivity contribution in [3.63, 3.8) is 0 Å². The van der Waals surface area contributed by atoms with Crippen LogP contribution in [0, 0.1) is 0 Å². The molecule has 0 amide bonds. The summed E-state index contributed by atoms with van der Waals surface area (Å²) in [5.74, 6) is -0.536. The second kappa shape index (κ2) is 6.03. The molecule has 0 atom stereocenters. The Morgan fingerprint density at radius 1 is 1.05 bits per heavy atom. The maximum Gasteiger partial charge on any atom is 0.326 e. The Hall–Kier alpha value is -2.59. The predicted octanol–water partition coefficient (Wildman–Crippen LogP) is 3.47. The van der Waals surface area contributed by atoms with Gasteiger partial charge in [0.25, 0.3) is 5.91 Å². The van der Waals surface area contributed by atoms with E-state index < -0.39 is 5.97 Å². The number of hydrogen-bond donors (Lipinski definition) is 0. The molecule has 0 saturated carbocycles. The van der Waals surface area contributed by atoms with Crippen LogP contribution in [0.15, 0.2) is 60.8 Å². The van der Waals surface area contributed by atoms with E-state index in [1.807, 2.05) is 24.3 Å². The van der Waals surface area contributed by atoms with Gasteiger partial charge in [-0.3, -0.25) is 14.2 Å². The number of carbonyl (C=O) groups is 2. The lowest BCUT2D eigenvalue weighted by molar-refractivity contribution is -0.131. The molecule has 0 unspecified atom stereocenters. The molecule has 0 spiro atoms. The Kier molecular flexibility index (Phi) is 3.94. The summed E-state index contributed by atoms with van der Waals surface area (Å²) in [7, 11) is 0. The molecule has 1 aromatic heterocycles. The summed E-state index contributed by atoms with van der Waals surface area (Å²) in [6, 6.07) is 15.9. The average Bonchev–Trinajstić information content (AvgIpc) is 2.98. The van der Waals surface area contributed by atoms with Crippen molar-refractivity contribution < 1.29 is 14.3 Å². The number of alkyl halides is 1. The fourth-order valence-electron chi connectivity index (χ4n) is 2.23. The number of fused-ring (bicyclic) bond motifs is 1. The van der Waals surface area contributed by atoms with Gasteiger partial charge in [0.1, 0.15) is 11.6 Å². The predicted molar refractivity (Wildman–Crippen MR) is 84.5 cm³/mol. The SMILES string of the molecule is O=C(CCl)Oc1ccc2ccn(C(=O)c3ccccc3)c2c1. The summed E-state index contributed by atoms with van der Waals surface area (Å²) in [6.07, 6.45) is 1.70. The molecule has 4 nitrogen and oxygen atoms in total. The molecule has 0 aliphatic heterocycles. The van der Waals surface area contributed by atoms with Gasteiger partial charge in [-0.15, -0.1) is 11.6 Å². The molecular formula is C17H12ClNO3. The number of ether oxygens (including phenoxy) is 1. The Balaban J connectivity index is 2.01. The van der Waals surface area contributed by atoms with Gasteiger partial charge in [0.15, 0.2) is 0 Å². The van der Waals surface area contributed by atoms with Crippen molar-refractivity contribution in [2.45, 2.75) is 0 Å². The first-order chi connectivity index (χ1) is 10.7. The Morgan fingerprint density at radius 3 is 2.55 bits per heavy atom. The maximum atomic E-state index is 12.5. The highest BCUT2D eigenvalue weighted by atomic mass is 35.5. The van der Waals surface area contributed by atoms with Gasteiger partial charge >= 0.3 is 5.97 Å². The summed E-state index contributed by atoms with van der Waals surface area (Å²) in [5.41, 5.74) is 1.26. The van der Waals surface area contributed by atoms with Crippen LogP contribution >= 0.6 is 11.6 Å². The molecule has 5 heteroatoms. The van der Waals surface area contributed by atoms with Crippen molar-refractivity contribution in [1.82, 2.24) is 4.57 Å². The lowest BCUT2D eigenvalue weighted by atomic mass is 10.2. The highest BCUT2D eigenvalue weighted by Crippen LogP contribution is 2.23. The van der Waals surface area contributed by atoms with Crippen LogP contribution in [0.5, 0.6) is 5.75 Å². The highest BCUT2D eigenvalue weighted by molar-refractivity contribution is 6.26. The second-order valence-electron chi connectivity index (χ2n) is 4.69. The molecule has 0 N–H and O–H groups in total. The lowest BCUT2D eigenvalue weighted by Crippen LogP contribution is -2.11. The third kappa shape index (κ3) is 2.73. The van der Waals surface area contributed by atoms with Crippen molar-refractivity contribution in [3.05, 3.63) is 66.4 Å². The standard InChI is InChI=1S/C17H12ClNO3/c18-11-16(20)22-14-7-6-12-8-9-19(15(12)10-14)17(21)13-4-2-1-3-5-13/h1-10H,11H2. The lowest BCUT2D eigenvalue weighted by Gasteiger charge is -2.06. The first-order valence-corrected chi connectivity index (χ1v) is 7.20. The van der Waals surface area contributed by atoms with Crippen LogP contribution in [-0.2, 0) is 4.79 Å². The van der Waals surface area contributed by atoms with Gasteiger partial charge in [-0.2, -0.15) is 0 Å². The topological polar surface area (TPSA) is 48.3 Å². The van der Waals surface area contributed by atoms with Crippen LogP contribution in [0.4, 0.5) is 0 Å². The molecule has 0 aliphatic carbocycles. The van der Waals surface area contributed by atoms with Crippen LogP contribution in [-0.4, -0.2) is 22.3 Å². The molecule has 3 aromatic rings. The minimum absolute atomic E-state index is 0.142. The third-order valence-corrected chi connectivity index (χ3v) is 3.46. The number of esters is 1. The summed E-state index contributed by atoms with van der Waals surface area (Å²) >= 11 is 5.43. The molecule has 2 aromatic carbocycles. The molecule has 0 fully saturated rings. The van der Waals surface area contributed by atoms with E-state index in [1.54, 1.807) is 36.5 Å². The van der Waals surface area contributed by atoms with Gasteiger partial charge in [0.05, 0.1) is 5.52 Å². The Bertz CT molecular complexity index is 839. The Labute approximate surface area is 131 Å². The van der Waals surface area contributed by atoms with E-state index in [-0.39, 0.29) is 11.8 Å². The molecule has 22 heavy (non-hydrogen) atoms. The van der Waals surface area contributed by atoms with E-state index in [1.165, 1.54) is 4.57 Å². The zero-order chi connectivity index (χ0) is 15.5. The number of rotatable bonds is 3. The molecule has 1 heterocycles. The van der Waals surface area contributed by atoms with E-state index in [9.17, 15) is 9.59 Å². The monoisotopic (exact) mass is 313 g/mol. The van der Waals surface area contributed by atoms with E-state index in [4.69, 9.17) is 16.3 Å². The number of aromatic nitrogens is 1. The van der Waals surface area contributed by atoms with Gasteiger partial charge in [-0.05, 0) is 30.3 Å². The zero-order valence-electron chi connectivity index (χ0n) is 11.5. The first-order valence-electron chi connectivity index (χ1n) is 6.66. The molecular weight excluding hydrogens is 302 g/mol. The van der Waals surface area contributed by atoms with Crippen LogP contribution in [0.3, 0.4) is 0 Å². The number of hydrogen-bond acceptors (Lipinski definition) is 3. The van der Waals surface area contributed by atoms with E-state index in [0.29, 0.717) is 16.8 Å².